The van der Waals surface area contributed by atoms with E-state index in [1.807, 2.05) is 6.08 Å². The summed E-state index contributed by atoms with van der Waals surface area (Å²) in [6.45, 7) is 0. The molecule has 0 radical (unpaired) electrons. The number of hydrogen-bond donors (Lipinski definition) is 0. The van der Waals surface area contributed by atoms with Crippen molar-refractivity contribution in [3.05, 3.63) is 24.3 Å². The van der Waals surface area contributed by atoms with Gasteiger partial charge in [-0.05, 0) is 0 Å². The Kier molecular flexibility index (Phi) is 9.89. The summed E-state index contributed by atoms with van der Waals surface area (Å²) in [5.41, 5.74) is 0. The van der Waals surface area contributed by atoms with Gasteiger partial charge in [0, 0.05) is 0 Å². The van der Waals surface area contributed by atoms with Gasteiger partial charge in [-0.1, -0.05) is 19.3 Å². The molecule has 0 nitrogen and oxygen atoms in total. The van der Waals surface area contributed by atoms with Crippen LogP contribution in [0.15, 0.2) is 18.2 Å². The molecule has 0 amide bonds. The Morgan fingerprint density at radius 2 is 2.10 bits per heavy atom. The third-order valence-electron chi connectivity index (χ3n) is 1.29. The Morgan fingerprint density at radius 1 is 1.30 bits per heavy atom. The summed E-state index contributed by atoms with van der Waals surface area (Å²) in [5.74, 6) is 0. The molecule has 0 unspecified atom stereocenters. The van der Waals surface area contributed by atoms with E-state index in [0.717, 1.165) is 6.42 Å². The summed E-state index contributed by atoms with van der Waals surface area (Å²) in [6.07, 6.45) is 14.5. The summed E-state index contributed by atoms with van der Waals surface area (Å²) < 4.78 is 0. The number of halogens is 1. The van der Waals surface area contributed by atoms with E-state index in [1.54, 1.807) is 18.8 Å². The Morgan fingerprint density at radius 3 is 2.90 bits per heavy atom. The quantitative estimate of drug-likeness (QED) is 0.596. The van der Waals surface area contributed by atoms with E-state index >= 15 is 0 Å². The van der Waals surface area contributed by atoms with Gasteiger partial charge in [-0.25, -0.2) is 12.2 Å². The molecule has 0 saturated carbocycles. The van der Waals surface area contributed by atoms with E-state index < -0.39 is 0 Å². The summed E-state index contributed by atoms with van der Waals surface area (Å²) in [7, 11) is 4.61. The van der Waals surface area contributed by atoms with Crippen molar-refractivity contribution in [1.29, 1.82) is 0 Å². The summed E-state index contributed by atoms with van der Waals surface area (Å²) in [6, 6.07) is 0. The fourth-order valence-electron chi connectivity index (χ4n) is 0.805. The zero-order chi connectivity index (χ0) is 7.66. The molecule has 0 fully saturated rings. The van der Waals surface area contributed by atoms with Gasteiger partial charge in [0.1, 0.15) is 0 Å². The molecule has 0 aromatic rings. The van der Waals surface area contributed by atoms with Crippen LogP contribution in [-0.4, -0.2) is 0 Å². The second-order valence-corrected chi connectivity index (χ2v) is 2.04. The maximum absolute atomic E-state index is 4.61. The zero-order valence-electron chi connectivity index (χ0n) is 5.75. The van der Waals surface area contributed by atoms with Crippen molar-refractivity contribution >= 4 is 9.42 Å². The third kappa shape index (κ3) is 6.58. The number of allylic oxidation sites excluding steroid dienone is 4. The number of hydrogen-bond acceptors (Lipinski definition) is 0. The Bertz CT molecular complexity index is 93.8. The average Bonchev–Trinajstić information content (AvgIpc) is 1.90. The minimum atomic E-state index is 1.14. The van der Waals surface area contributed by atoms with Gasteiger partial charge in [0.15, 0.2) is 0 Å². The van der Waals surface area contributed by atoms with Crippen LogP contribution >= 0.6 is 9.42 Å². The Labute approximate surface area is 78.2 Å². The molecule has 2 heteroatoms. The first kappa shape index (κ1) is 10.5. The van der Waals surface area contributed by atoms with Crippen molar-refractivity contribution in [3.8, 4) is 0 Å². The van der Waals surface area contributed by atoms with Gasteiger partial charge in [0.05, 0.1) is 0 Å². The molecular weight excluding hydrogens is 327 g/mol. The van der Waals surface area contributed by atoms with Crippen molar-refractivity contribution in [2.45, 2.75) is 25.7 Å². The van der Waals surface area contributed by atoms with E-state index in [0.29, 0.717) is 0 Å². The molecule has 0 bridgehead atoms. The van der Waals surface area contributed by atoms with Crippen molar-refractivity contribution < 1.29 is 18.8 Å². The first-order valence-corrected chi connectivity index (χ1v) is 6.15. The van der Waals surface area contributed by atoms with Crippen LogP contribution in [0.5, 0.6) is 0 Å². The molecule has 0 heterocycles. The standard InChI is InChI=1S/C8H11.ClH.Pt/c1-2-4-6-8-7-5-3-1;;/h1-3H,4,6-8H2;1H;/q-1;;+2/p-1/b2-1-;;. The summed E-state index contributed by atoms with van der Waals surface area (Å²) in [4.78, 5) is 0. The predicted molar refractivity (Wildman–Crippen MR) is 41.3 cm³/mol. The molecule has 0 aromatic heterocycles. The molecule has 1 aliphatic carbocycles. The molecule has 0 atom stereocenters. The van der Waals surface area contributed by atoms with Crippen LogP contribution in [0.1, 0.15) is 25.7 Å². The Hall–Kier alpha value is 0.458. The van der Waals surface area contributed by atoms with Crippen LogP contribution in [0.4, 0.5) is 0 Å². The molecule has 0 aliphatic heterocycles. The molecule has 0 spiro atoms. The van der Waals surface area contributed by atoms with Crippen molar-refractivity contribution in [2.24, 2.45) is 0 Å². The summed E-state index contributed by atoms with van der Waals surface area (Å²) >= 11 is 1.61. The second-order valence-electron chi connectivity index (χ2n) is 2.04. The second kappa shape index (κ2) is 9.46. The van der Waals surface area contributed by atoms with Crippen molar-refractivity contribution in [1.82, 2.24) is 0 Å². The van der Waals surface area contributed by atoms with Gasteiger partial charge in [-0.3, -0.25) is 6.08 Å². The zero-order valence-corrected chi connectivity index (χ0v) is 8.78. The molecular formula is C8H11ClPt. The fraction of sp³-hybridized carbons (Fsp3) is 0.500. The average molecular weight is 338 g/mol. The molecule has 10 heavy (non-hydrogen) atoms. The molecule has 60 valence electrons. The molecule has 1 rings (SSSR count). The fourth-order valence-corrected chi connectivity index (χ4v) is 0.805. The Balaban J connectivity index is 0.000000371. The summed E-state index contributed by atoms with van der Waals surface area (Å²) in [5, 5.41) is 0. The van der Waals surface area contributed by atoms with Crippen LogP contribution in [-0.2, 0) is 18.8 Å². The van der Waals surface area contributed by atoms with Gasteiger partial charge >= 0.3 is 28.2 Å². The molecule has 1 aliphatic rings. The third-order valence-corrected chi connectivity index (χ3v) is 1.29. The van der Waals surface area contributed by atoms with Crippen LogP contribution in [0.3, 0.4) is 0 Å². The van der Waals surface area contributed by atoms with Crippen LogP contribution in [0.25, 0.3) is 0 Å². The van der Waals surface area contributed by atoms with Crippen LogP contribution in [0, 0.1) is 6.08 Å². The van der Waals surface area contributed by atoms with Gasteiger partial charge in [-0.2, -0.15) is 6.08 Å². The van der Waals surface area contributed by atoms with Gasteiger partial charge in [0.25, 0.3) is 0 Å². The van der Waals surface area contributed by atoms with E-state index in [1.165, 1.54) is 19.3 Å². The van der Waals surface area contributed by atoms with E-state index in [-0.39, 0.29) is 0 Å². The molecule has 0 N–H and O–H groups in total. The monoisotopic (exact) mass is 337 g/mol. The minimum absolute atomic E-state index is 1.14. The maximum atomic E-state index is 4.61. The van der Waals surface area contributed by atoms with E-state index in [9.17, 15) is 0 Å². The van der Waals surface area contributed by atoms with Crippen LogP contribution in [0.2, 0.25) is 0 Å². The predicted octanol–water partition coefficient (Wildman–Crippen LogP) is 3.16. The van der Waals surface area contributed by atoms with E-state index in [2.05, 4.69) is 27.6 Å². The van der Waals surface area contributed by atoms with Crippen molar-refractivity contribution in [3.63, 3.8) is 0 Å². The first-order valence-electron chi connectivity index (χ1n) is 3.34. The molecule has 0 aromatic carbocycles. The topological polar surface area (TPSA) is 0 Å². The van der Waals surface area contributed by atoms with Gasteiger partial charge in [-0.15, -0.1) is 6.42 Å². The van der Waals surface area contributed by atoms with E-state index in [4.69, 9.17) is 0 Å². The van der Waals surface area contributed by atoms with Gasteiger partial charge < -0.3 is 0 Å². The molecule has 0 saturated heterocycles. The van der Waals surface area contributed by atoms with Gasteiger partial charge in [0.2, 0.25) is 0 Å². The first-order chi connectivity index (χ1) is 5.00. The normalized spacial score (nSPS) is 19.9. The SMILES string of the molecule is [C-]1=C/C=C\CCCC1.[Cl][Pt+]. The van der Waals surface area contributed by atoms with Crippen LogP contribution < -0.4 is 0 Å². The van der Waals surface area contributed by atoms with Crippen molar-refractivity contribution in [2.75, 3.05) is 0 Å². The number of rotatable bonds is 0.